The average molecular weight is 318 g/mol. The summed E-state index contributed by atoms with van der Waals surface area (Å²) in [4.78, 5) is 12.4. The number of nitrogens with one attached hydrogen (secondary N) is 1. The molecular weight excluding hydrogens is 300 g/mol. The van der Waals surface area contributed by atoms with Gasteiger partial charge >= 0.3 is 16.2 Å². The van der Waals surface area contributed by atoms with E-state index >= 15 is 0 Å². The van der Waals surface area contributed by atoms with Gasteiger partial charge in [0.1, 0.15) is 5.00 Å². The third-order valence-electron chi connectivity index (χ3n) is 3.46. The van der Waals surface area contributed by atoms with Crippen molar-refractivity contribution in [3.05, 3.63) is 16.0 Å². The van der Waals surface area contributed by atoms with Gasteiger partial charge in [-0.2, -0.15) is 12.7 Å². The molecular formula is C12H18N2O4S2. The van der Waals surface area contributed by atoms with Gasteiger partial charge in [0.15, 0.2) is 0 Å². The third-order valence-corrected chi connectivity index (χ3v) is 6.44. The molecule has 2 rings (SSSR count). The maximum atomic E-state index is 12.2. The number of hydrogen-bond acceptors (Lipinski definition) is 4. The fourth-order valence-electron chi connectivity index (χ4n) is 2.17. The monoisotopic (exact) mass is 318 g/mol. The Hall–Kier alpha value is -1.12. The second kappa shape index (κ2) is 5.34. The number of nitrogens with zero attached hydrogens (tertiary/aromatic N) is 1. The van der Waals surface area contributed by atoms with Gasteiger partial charge in [-0.1, -0.05) is 0 Å². The summed E-state index contributed by atoms with van der Waals surface area (Å²) in [5, 5.41) is 9.54. The minimum atomic E-state index is -3.73. The molecule has 0 amide bonds. The first-order chi connectivity index (χ1) is 9.24. The van der Waals surface area contributed by atoms with Gasteiger partial charge in [-0.25, -0.2) is 4.79 Å². The molecule has 1 aliphatic carbocycles. The zero-order chi connectivity index (χ0) is 15.1. The number of carboxylic acid groups (broad SMARTS) is 1. The molecule has 1 aromatic heterocycles. The zero-order valence-corrected chi connectivity index (χ0v) is 13.3. The summed E-state index contributed by atoms with van der Waals surface area (Å²) in [7, 11) is -2.26. The molecule has 0 saturated carbocycles. The maximum absolute atomic E-state index is 12.2. The summed E-state index contributed by atoms with van der Waals surface area (Å²) in [5.74, 6) is -1.07. The van der Waals surface area contributed by atoms with E-state index < -0.39 is 16.2 Å². The lowest BCUT2D eigenvalue weighted by molar-refractivity contribution is 0.0697. The van der Waals surface area contributed by atoms with Gasteiger partial charge in [-0.3, -0.25) is 4.72 Å². The molecule has 0 spiro atoms. The van der Waals surface area contributed by atoms with Gasteiger partial charge in [-0.15, -0.1) is 11.3 Å². The molecule has 8 heteroatoms. The standard InChI is InChI=1S/C12H18N2O4S2/c1-7(2)14(3)20(17,18)13-11-10(12(15)16)8-5-4-6-9(8)19-11/h7,13H,4-6H2,1-3H3,(H,15,16). The van der Waals surface area contributed by atoms with Gasteiger partial charge in [0.25, 0.3) is 0 Å². The van der Waals surface area contributed by atoms with Crippen LogP contribution in [0.5, 0.6) is 0 Å². The molecule has 0 aliphatic heterocycles. The number of aromatic carboxylic acids is 1. The van der Waals surface area contributed by atoms with Crippen LogP contribution in [-0.4, -0.2) is 36.9 Å². The van der Waals surface area contributed by atoms with Crippen LogP contribution >= 0.6 is 11.3 Å². The summed E-state index contributed by atoms with van der Waals surface area (Å²) in [6.07, 6.45) is 2.46. The highest BCUT2D eigenvalue weighted by atomic mass is 32.2. The Kier molecular flexibility index (Phi) is 4.08. The molecule has 1 heterocycles. The number of aryl methyl sites for hydroxylation is 1. The number of fused-ring (bicyclic) bond motifs is 1. The van der Waals surface area contributed by atoms with Gasteiger partial charge in [0.05, 0.1) is 5.56 Å². The van der Waals surface area contributed by atoms with E-state index in [2.05, 4.69) is 4.72 Å². The molecule has 6 nitrogen and oxygen atoms in total. The molecule has 0 unspecified atom stereocenters. The molecule has 0 aromatic carbocycles. The van der Waals surface area contributed by atoms with Crippen LogP contribution in [0.25, 0.3) is 0 Å². The van der Waals surface area contributed by atoms with Gasteiger partial charge in [-0.05, 0) is 38.7 Å². The molecule has 0 fully saturated rings. The predicted octanol–water partition coefficient (Wildman–Crippen LogP) is 1.93. The lowest BCUT2D eigenvalue weighted by Crippen LogP contribution is -2.37. The summed E-state index contributed by atoms with van der Waals surface area (Å²) in [6.45, 7) is 3.51. The Morgan fingerprint density at radius 1 is 1.40 bits per heavy atom. The van der Waals surface area contributed by atoms with E-state index in [-0.39, 0.29) is 16.6 Å². The summed E-state index contributed by atoms with van der Waals surface area (Å²) >= 11 is 1.24. The number of carboxylic acids is 1. The number of thiophene rings is 1. The second-order valence-corrected chi connectivity index (χ2v) is 7.92. The molecule has 112 valence electrons. The number of carbonyl (C=O) groups is 1. The molecule has 1 aliphatic rings. The lowest BCUT2D eigenvalue weighted by Gasteiger charge is -2.21. The Morgan fingerprint density at radius 3 is 2.60 bits per heavy atom. The number of rotatable bonds is 5. The minimum Gasteiger partial charge on any atom is -0.478 e. The maximum Gasteiger partial charge on any atom is 0.339 e. The summed E-state index contributed by atoms with van der Waals surface area (Å²) in [5.41, 5.74) is 0.899. The molecule has 0 atom stereocenters. The molecule has 2 N–H and O–H groups in total. The minimum absolute atomic E-state index is 0.114. The van der Waals surface area contributed by atoms with E-state index in [0.29, 0.717) is 6.42 Å². The lowest BCUT2D eigenvalue weighted by atomic mass is 10.1. The SMILES string of the molecule is CC(C)N(C)S(=O)(=O)Nc1sc2c(c1C(=O)O)CCC2. The Bertz CT molecular complexity index is 634. The first kappa shape index (κ1) is 15.3. The zero-order valence-electron chi connectivity index (χ0n) is 11.6. The highest BCUT2D eigenvalue weighted by Crippen LogP contribution is 2.39. The highest BCUT2D eigenvalue weighted by molar-refractivity contribution is 7.90. The topological polar surface area (TPSA) is 86.7 Å². The summed E-state index contributed by atoms with van der Waals surface area (Å²) in [6, 6.07) is -0.201. The Labute approximate surface area is 122 Å². The van der Waals surface area contributed by atoms with E-state index in [0.717, 1.165) is 23.3 Å². The fourth-order valence-corrected chi connectivity index (χ4v) is 4.82. The van der Waals surface area contributed by atoms with Crippen LogP contribution in [0.15, 0.2) is 0 Å². The molecule has 0 bridgehead atoms. The normalized spacial score (nSPS) is 14.8. The van der Waals surface area contributed by atoms with E-state index in [4.69, 9.17) is 0 Å². The van der Waals surface area contributed by atoms with Crippen LogP contribution in [0.3, 0.4) is 0 Å². The van der Waals surface area contributed by atoms with Crippen LogP contribution in [0.2, 0.25) is 0 Å². The van der Waals surface area contributed by atoms with Gasteiger partial charge in [0, 0.05) is 18.0 Å². The largest absolute Gasteiger partial charge is 0.478 e. The molecule has 0 saturated heterocycles. The molecule has 20 heavy (non-hydrogen) atoms. The molecule has 0 radical (unpaired) electrons. The average Bonchev–Trinajstić information content (AvgIpc) is 2.86. The van der Waals surface area contributed by atoms with E-state index in [9.17, 15) is 18.3 Å². The van der Waals surface area contributed by atoms with Crippen molar-refractivity contribution in [1.29, 1.82) is 0 Å². The van der Waals surface area contributed by atoms with Crippen molar-refractivity contribution in [2.24, 2.45) is 0 Å². The van der Waals surface area contributed by atoms with Crippen LogP contribution in [-0.2, 0) is 23.1 Å². The van der Waals surface area contributed by atoms with Crippen LogP contribution in [0.1, 0.15) is 41.1 Å². The molecule has 1 aromatic rings. The van der Waals surface area contributed by atoms with Crippen molar-refractivity contribution in [2.75, 3.05) is 11.8 Å². The van der Waals surface area contributed by atoms with Gasteiger partial charge in [0.2, 0.25) is 0 Å². The predicted molar refractivity (Wildman–Crippen MR) is 78.7 cm³/mol. The van der Waals surface area contributed by atoms with Crippen molar-refractivity contribution in [1.82, 2.24) is 4.31 Å². The van der Waals surface area contributed by atoms with Crippen molar-refractivity contribution >= 4 is 32.5 Å². The van der Waals surface area contributed by atoms with Crippen LogP contribution in [0.4, 0.5) is 5.00 Å². The van der Waals surface area contributed by atoms with Crippen LogP contribution < -0.4 is 4.72 Å². The Balaban J connectivity index is 2.38. The third kappa shape index (κ3) is 2.68. The first-order valence-electron chi connectivity index (χ1n) is 6.37. The number of anilines is 1. The fraction of sp³-hybridized carbons (Fsp3) is 0.583. The number of hydrogen-bond donors (Lipinski definition) is 2. The smallest absolute Gasteiger partial charge is 0.339 e. The first-order valence-corrected chi connectivity index (χ1v) is 8.63. The van der Waals surface area contributed by atoms with Crippen molar-refractivity contribution in [3.8, 4) is 0 Å². The van der Waals surface area contributed by atoms with E-state index in [1.54, 1.807) is 13.8 Å². The van der Waals surface area contributed by atoms with E-state index in [1.165, 1.54) is 22.7 Å². The summed E-state index contributed by atoms with van der Waals surface area (Å²) < 4.78 is 27.9. The van der Waals surface area contributed by atoms with E-state index in [1.807, 2.05) is 0 Å². The van der Waals surface area contributed by atoms with Gasteiger partial charge < -0.3 is 5.11 Å². The highest BCUT2D eigenvalue weighted by Gasteiger charge is 2.30. The van der Waals surface area contributed by atoms with Crippen LogP contribution in [0, 0.1) is 0 Å². The van der Waals surface area contributed by atoms with Crippen molar-refractivity contribution in [3.63, 3.8) is 0 Å². The quantitative estimate of drug-likeness (QED) is 0.868. The second-order valence-electron chi connectivity index (χ2n) is 5.08. The Morgan fingerprint density at radius 2 is 2.05 bits per heavy atom. The van der Waals surface area contributed by atoms with Crippen molar-refractivity contribution in [2.45, 2.75) is 39.2 Å². The van der Waals surface area contributed by atoms with Crippen molar-refractivity contribution < 1.29 is 18.3 Å².